The molecule has 0 aliphatic rings. The van der Waals surface area contributed by atoms with Crippen molar-refractivity contribution >= 4 is 15.9 Å². The number of sulfonamides is 1. The van der Waals surface area contributed by atoms with Crippen molar-refractivity contribution in [3.63, 3.8) is 0 Å². The van der Waals surface area contributed by atoms with Crippen molar-refractivity contribution in [1.82, 2.24) is 4.72 Å². The fraction of sp³-hybridized carbons (Fsp3) is 0.364. The van der Waals surface area contributed by atoms with Crippen LogP contribution in [-0.4, -0.2) is 19.5 Å². The summed E-state index contributed by atoms with van der Waals surface area (Å²) in [4.78, 5) is 0. The first-order chi connectivity index (χ1) is 7.84. The summed E-state index contributed by atoms with van der Waals surface area (Å²) in [5.74, 6) is -0.222. The van der Waals surface area contributed by atoms with Crippen molar-refractivity contribution in [2.75, 3.05) is 0 Å². The molecule has 0 saturated carbocycles. The van der Waals surface area contributed by atoms with E-state index in [9.17, 15) is 8.42 Å². The van der Waals surface area contributed by atoms with Gasteiger partial charge in [0.25, 0.3) is 0 Å². The van der Waals surface area contributed by atoms with Gasteiger partial charge in [0, 0.05) is 0 Å². The molecule has 1 unspecified atom stereocenters. The van der Waals surface area contributed by atoms with Crippen LogP contribution >= 0.6 is 0 Å². The van der Waals surface area contributed by atoms with Crippen LogP contribution in [0.4, 0.5) is 0 Å². The number of hydrogen-bond acceptors (Lipinski definition) is 3. The molecule has 4 N–H and O–H groups in total. The third-order valence-corrected chi connectivity index (χ3v) is 4.15. The Kier molecular flexibility index (Phi) is 4.25. The smallest absolute Gasteiger partial charge is 0.214 e. The summed E-state index contributed by atoms with van der Waals surface area (Å²) >= 11 is 0. The van der Waals surface area contributed by atoms with Crippen molar-refractivity contribution in [3.05, 3.63) is 35.9 Å². The number of amidine groups is 1. The highest BCUT2D eigenvalue weighted by Gasteiger charge is 2.24. The minimum absolute atomic E-state index is 0.222. The Hall–Kier alpha value is -1.40. The van der Waals surface area contributed by atoms with Crippen LogP contribution in [0.25, 0.3) is 0 Å². The van der Waals surface area contributed by atoms with Gasteiger partial charge < -0.3 is 5.73 Å². The molecule has 17 heavy (non-hydrogen) atoms. The molecule has 1 aromatic rings. The van der Waals surface area contributed by atoms with Crippen molar-refractivity contribution < 1.29 is 8.42 Å². The summed E-state index contributed by atoms with van der Waals surface area (Å²) in [6.45, 7) is 3.15. The zero-order chi connectivity index (χ0) is 13.1. The molecule has 0 radical (unpaired) electrons. The van der Waals surface area contributed by atoms with Gasteiger partial charge in [-0.1, -0.05) is 30.3 Å². The molecular weight excluding hydrogens is 238 g/mol. The van der Waals surface area contributed by atoms with Gasteiger partial charge in [-0.25, -0.2) is 8.42 Å². The second-order valence-corrected chi connectivity index (χ2v) is 6.28. The van der Waals surface area contributed by atoms with E-state index >= 15 is 0 Å². The summed E-state index contributed by atoms with van der Waals surface area (Å²) in [5, 5.41) is 6.90. The van der Waals surface area contributed by atoms with E-state index in [1.165, 1.54) is 0 Å². The van der Waals surface area contributed by atoms with Crippen molar-refractivity contribution in [3.8, 4) is 0 Å². The zero-order valence-electron chi connectivity index (χ0n) is 9.84. The van der Waals surface area contributed by atoms with E-state index < -0.39 is 21.3 Å². The Labute approximate surface area is 102 Å². The molecule has 0 spiro atoms. The van der Waals surface area contributed by atoms with Gasteiger partial charge in [0.15, 0.2) is 0 Å². The van der Waals surface area contributed by atoms with E-state index in [0.717, 1.165) is 0 Å². The lowest BCUT2D eigenvalue weighted by atomic mass is 10.1. The van der Waals surface area contributed by atoms with Gasteiger partial charge in [-0.05, 0) is 19.4 Å². The average Bonchev–Trinajstić information content (AvgIpc) is 2.26. The number of nitrogens with two attached hydrogens (primary N) is 1. The molecule has 0 saturated heterocycles. The van der Waals surface area contributed by atoms with Gasteiger partial charge in [0.05, 0.1) is 5.25 Å². The average molecular weight is 255 g/mol. The number of hydrogen-bond donors (Lipinski definition) is 3. The Morgan fingerprint density at radius 2 is 1.82 bits per heavy atom. The molecule has 0 aliphatic heterocycles. The maximum atomic E-state index is 11.8. The number of rotatable bonds is 5. The number of benzene rings is 1. The van der Waals surface area contributed by atoms with Crippen LogP contribution in [0.2, 0.25) is 0 Å². The molecule has 0 heterocycles. The second kappa shape index (κ2) is 5.29. The number of nitrogens with one attached hydrogen (secondary N) is 2. The van der Waals surface area contributed by atoms with Crippen molar-refractivity contribution in [1.29, 1.82) is 5.41 Å². The Morgan fingerprint density at radius 1 is 1.29 bits per heavy atom. The summed E-state index contributed by atoms with van der Waals surface area (Å²) in [6.07, 6.45) is 0. The SMILES string of the molecule is CC(C)S(=O)(=O)NC(C(=N)N)c1ccccc1. The van der Waals surface area contributed by atoms with Crippen LogP contribution in [0.3, 0.4) is 0 Å². The van der Waals surface area contributed by atoms with Gasteiger partial charge in [-0.15, -0.1) is 0 Å². The summed E-state index contributed by atoms with van der Waals surface area (Å²) in [6, 6.07) is 8.02. The molecule has 1 aromatic carbocycles. The van der Waals surface area contributed by atoms with E-state index in [4.69, 9.17) is 11.1 Å². The molecule has 0 fully saturated rings. The fourth-order valence-electron chi connectivity index (χ4n) is 1.26. The van der Waals surface area contributed by atoms with E-state index in [-0.39, 0.29) is 5.84 Å². The molecule has 1 rings (SSSR count). The lowest BCUT2D eigenvalue weighted by Crippen LogP contribution is -2.40. The van der Waals surface area contributed by atoms with Gasteiger partial charge >= 0.3 is 0 Å². The van der Waals surface area contributed by atoms with Gasteiger partial charge in [-0.2, -0.15) is 4.72 Å². The lowest BCUT2D eigenvalue weighted by Gasteiger charge is -2.19. The molecule has 0 amide bonds. The lowest BCUT2D eigenvalue weighted by molar-refractivity contribution is 0.567. The van der Waals surface area contributed by atoms with E-state index in [1.807, 2.05) is 6.07 Å². The highest BCUT2D eigenvalue weighted by atomic mass is 32.2. The molecule has 0 aromatic heterocycles. The van der Waals surface area contributed by atoms with Crippen molar-refractivity contribution in [2.24, 2.45) is 5.73 Å². The minimum Gasteiger partial charge on any atom is -0.386 e. The predicted molar refractivity (Wildman–Crippen MR) is 68.3 cm³/mol. The largest absolute Gasteiger partial charge is 0.386 e. The predicted octanol–water partition coefficient (Wildman–Crippen LogP) is 0.991. The van der Waals surface area contributed by atoms with Crippen LogP contribution in [0.5, 0.6) is 0 Å². The van der Waals surface area contributed by atoms with E-state index in [2.05, 4.69) is 4.72 Å². The third-order valence-electron chi connectivity index (χ3n) is 2.35. The quantitative estimate of drug-likeness (QED) is 0.540. The van der Waals surface area contributed by atoms with Crippen LogP contribution in [0.15, 0.2) is 30.3 Å². The minimum atomic E-state index is -3.46. The van der Waals surface area contributed by atoms with Crippen molar-refractivity contribution in [2.45, 2.75) is 25.1 Å². The van der Waals surface area contributed by atoms with E-state index in [1.54, 1.807) is 38.1 Å². The maximum Gasteiger partial charge on any atom is 0.214 e. The Morgan fingerprint density at radius 3 is 2.24 bits per heavy atom. The highest BCUT2D eigenvalue weighted by molar-refractivity contribution is 7.90. The third kappa shape index (κ3) is 3.54. The molecule has 0 aliphatic carbocycles. The molecule has 5 nitrogen and oxygen atoms in total. The Bertz CT molecular complexity index is 483. The fourth-order valence-corrected chi connectivity index (χ4v) is 2.12. The normalized spacial score (nSPS) is 13.6. The molecule has 1 atom stereocenters. The monoisotopic (exact) mass is 255 g/mol. The standard InChI is InChI=1S/C11H17N3O2S/c1-8(2)17(15,16)14-10(11(12)13)9-6-4-3-5-7-9/h3-8,10,14H,1-2H3,(H3,12,13). The molecule has 0 bridgehead atoms. The van der Waals surface area contributed by atoms with Crippen LogP contribution < -0.4 is 10.5 Å². The topological polar surface area (TPSA) is 96.0 Å². The van der Waals surface area contributed by atoms with Gasteiger partial charge in [-0.3, -0.25) is 5.41 Å². The molecule has 94 valence electrons. The first-order valence-electron chi connectivity index (χ1n) is 5.24. The van der Waals surface area contributed by atoms with Gasteiger partial charge in [0.2, 0.25) is 10.0 Å². The highest BCUT2D eigenvalue weighted by Crippen LogP contribution is 2.14. The second-order valence-electron chi connectivity index (χ2n) is 4.01. The molecular formula is C11H17N3O2S. The summed E-state index contributed by atoms with van der Waals surface area (Å²) in [7, 11) is -3.46. The van der Waals surface area contributed by atoms with Gasteiger partial charge in [0.1, 0.15) is 11.9 Å². The first-order valence-corrected chi connectivity index (χ1v) is 6.79. The van der Waals surface area contributed by atoms with E-state index in [0.29, 0.717) is 5.56 Å². The Balaban J connectivity index is 3.02. The maximum absolute atomic E-state index is 11.8. The zero-order valence-corrected chi connectivity index (χ0v) is 10.7. The van der Waals surface area contributed by atoms with Crippen LogP contribution in [0, 0.1) is 5.41 Å². The summed E-state index contributed by atoms with van der Waals surface area (Å²) in [5.41, 5.74) is 6.09. The first kappa shape index (κ1) is 13.7. The molecule has 6 heteroatoms. The van der Waals surface area contributed by atoms with Crippen LogP contribution in [0.1, 0.15) is 25.5 Å². The van der Waals surface area contributed by atoms with Crippen LogP contribution in [-0.2, 0) is 10.0 Å². The summed E-state index contributed by atoms with van der Waals surface area (Å²) < 4.78 is 25.9.